The number of primary amides is 1. The molecule has 1 unspecified atom stereocenters. The number of nitrogens with zero attached hydrogens (tertiary/aromatic N) is 1. The molecule has 6 nitrogen and oxygen atoms in total. The van der Waals surface area contributed by atoms with E-state index in [4.69, 9.17) is 10.5 Å². The molecule has 0 aromatic heterocycles. The molecule has 4 N–H and O–H groups in total. The number of nitrogens with one attached hydrogen (secondary N) is 2. The number of hydrogen-bond acceptors (Lipinski definition) is 3. The number of hydrogen-bond donors (Lipinski definition) is 3. The third kappa shape index (κ3) is 6.41. The van der Waals surface area contributed by atoms with Crippen LogP contribution in [0.4, 0.5) is 4.39 Å². The fourth-order valence-electron chi connectivity index (χ4n) is 2.36. The average Bonchev–Trinajstić information content (AvgIpc) is 3.43. The van der Waals surface area contributed by atoms with Crippen LogP contribution in [0.1, 0.15) is 52.1 Å². The zero-order valence-corrected chi connectivity index (χ0v) is 16.6. The van der Waals surface area contributed by atoms with Gasteiger partial charge in [0.25, 0.3) is 0 Å². The number of carbonyl (C=O) groups is 1. The summed E-state index contributed by atoms with van der Waals surface area (Å²) in [7, 11) is 0. The van der Waals surface area contributed by atoms with Gasteiger partial charge in [-0.3, -0.25) is 9.79 Å². The minimum Gasteiger partial charge on any atom is -0.490 e. The Morgan fingerprint density at radius 1 is 1.44 bits per heavy atom. The fourth-order valence-corrected chi connectivity index (χ4v) is 2.36. The molecule has 0 spiro atoms. The maximum Gasteiger partial charge on any atom is 0.224 e. The van der Waals surface area contributed by atoms with Crippen LogP contribution in [0, 0.1) is 17.2 Å². The molecule has 7 heteroatoms. The van der Waals surface area contributed by atoms with Crippen LogP contribution in [0.25, 0.3) is 0 Å². The lowest BCUT2D eigenvalue weighted by molar-refractivity contribution is -0.125. The lowest BCUT2D eigenvalue weighted by Crippen LogP contribution is -2.41. The minimum atomic E-state index is -0.738. The smallest absolute Gasteiger partial charge is 0.224 e. The number of nitrogens with two attached hydrogens (primary N) is 1. The lowest BCUT2D eigenvalue weighted by atomic mass is 9.93. The Morgan fingerprint density at radius 2 is 2.15 bits per heavy atom. The molecule has 0 heterocycles. The van der Waals surface area contributed by atoms with Crippen LogP contribution in [-0.4, -0.2) is 31.6 Å². The summed E-state index contributed by atoms with van der Waals surface area (Å²) in [5.41, 5.74) is 5.44. The van der Waals surface area contributed by atoms with Crippen LogP contribution >= 0.6 is 0 Å². The Bertz CT molecular complexity index is 687. The molecule has 0 bridgehead atoms. The maximum absolute atomic E-state index is 14.3. The summed E-state index contributed by atoms with van der Waals surface area (Å²) in [6.07, 6.45) is 2.33. The summed E-state index contributed by atoms with van der Waals surface area (Å²) in [5, 5.41) is 6.36. The second-order valence-electron chi connectivity index (χ2n) is 7.75. The van der Waals surface area contributed by atoms with Crippen molar-refractivity contribution in [3.8, 4) is 5.75 Å². The fraction of sp³-hybridized carbons (Fsp3) is 0.600. The molecule has 1 atom stereocenters. The van der Waals surface area contributed by atoms with Gasteiger partial charge in [0.1, 0.15) is 0 Å². The van der Waals surface area contributed by atoms with E-state index in [9.17, 15) is 9.18 Å². The first kappa shape index (κ1) is 21.0. The van der Waals surface area contributed by atoms with Crippen LogP contribution in [0.5, 0.6) is 5.75 Å². The van der Waals surface area contributed by atoms with Crippen molar-refractivity contribution >= 4 is 11.9 Å². The molecular weight excluding hydrogens is 347 g/mol. The molecule has 1 aromatic rings. The maximum atomic E-state index is 14.3. The molecule has 0 saturated heterocycles. The summed E-state index contributed by atoms with van der Waals surface area (Å²) in [4.78, 5) is 15.9. The number of benzene rings is 1. The van der Waals surface area contributed by atoms with Gasteiger partial charge in [0.15, 0.2) is 17.5 Å². The Morgan fingerprint density at radius 3 is 2.70 bits per heavy atom. The van der Waals surface area contributed by atoms with Crippen molar-refractivity contribution in [1.29, 1.82) is 0 Å². The Kier molecular flexibility index (Phi) is 7.05. The van der Waals surface area contributed by atoms with Crippen molar-refractivity contribution in [3.63, 3.8) is 0 Å². The van der Waals surface area contributed by atoms with E-state index in [1.807, 2.05) is 19.9 Å². The molecule has 0 radical (unpaired) electrons. The van der Waals surface area contributed by atoms with E-state index in [2.05, 4.69) is 15.6 Å². The first-order valence-electron chi connectivity index (χ1n) is 9.50. The zero-order chi connectivity index (χ0) is 20.0. The van der Waals surface area contributed by atoms with E-state index >= 15 is 0 Å². The van der Waals surface area contributed by atoms with Crippen molar-refractivity contribution in [3.05, 3.63) is 29.6 Å². The van der Waals surface area contributed by atoms with Crippen molar-refractivity contribution in [2.45, 2.75) is 46.6 Å². The van der Waals surface area contributed by atoms with Crippen molar-refractivity contribution in [2.75, 3.05) is 19.7 Å². The minimum absolute atomic E-state index is 0.175. The summed E-state index contributed by atoms with van der Waals surface area (Å²) in [5.74, 6) is 0.654. The van der Waals surface area contributed by atoms with Gasteiger partial charge < -0.3 is 21.1 Å². The average molecular weight is 378 g/mol. The third-order valence-electron chi connectivity index (χ3n) is 4.62. The number of halogens is 1. The SMILES string of the molecule is CCNC(=NCC(C)(C)C(N)=O)NC(C)c1ccc(OCC2CC2)c(F)c1. The van der Waals surface area contributed by atoms with Gasteiger partial charge in [-0.2, -0.15) is 0 Å². The monoisotopic (exact) mass is 378 g/mol. The van der Waals surface area contributed by atoms with E-state index in [0.717, 1.165) is 5.56 Å². The van der Waals surface area contributed by atoms with E-state index in [1.165, 1.54) is 18.9 Å². The van der Waals surface area contributed by atoms with E-state index in [0.29, 0.717) is 30.8 Å². The first-order valence-corrected chi connectivity index (χ1v) is 9.50. The Hall–Kier alpha value is -2.31. The number of rotatable bonds is 9. The summed E-state index contributed by atoms with van der Waals surface area (Å²) in [6.45, 7) is 8.88. The molecule has 1 aromatic carbocycles. The standard InChI is InChI=1S/C20H31FN4O2/c1-5-23-19(24-12-20(3,4)18(22)26)25-13(2)15-8-9-17(16(21)10-15)27-11-14-6-7-14/h8-10,13-14H,5-7,11-12H2,1-4H3,(H2,22,26)(H2,23,24,25). The predicted molar refractivity (Wildman–Crippen MR) is 105 cm³/mol. The van der Waals surface area contributed by atoms with Crippen LogP contribution < -0.4 is 21.1 Å². The molecule has 1 amide bonds. The highest BCUT2D eigenvalue weighted by molar-refractivity contribution is 5.82. The van der Waals surface area contributed by atoms with Gasteiger partial charge in [-0.1, -0.05) is 6.07 Å². The Balaban J connectivity index is 2.02. The van der Waals surface area contributed by atoms with Crippen molar-refractivity contribution in [2.24, 2.45) is 22.1 Å². The normalized spacial score (nSPS) is 16.0. The molecule has 27 heavy (non-hydrogen) atoms. The van der Waals surface area contributed by atoms with Crippen molar-refractivity contribution in [1.82, 2.24) is 10.6 Å². The van der Waals surface area contributed by atoms with Crippen LogP contribution in [0.3, 0.4) is 0 Å². The zero-order valence-electron chi connectivity index (χ0n) is 16.6. The van der Waals surface area contributed by atoms with Crippen LogP contribution in [0.15, 0.2) is 23.2 Å². The van der Waals surface area contributed by atoms with Gasteiger partial charge in [-0.05, 0) is 64.2 Å². The largest absolute Gasteiger partial charge is 0.490 e. The van der Waals surface area contributed by atoms with Crippen LogP contribution in [-0.2, 0) is 4.79 Å². The summed E-state index contributed by atoms with van der Waals surface area (Å²) < 4.78 is 19.8. The predicted octanol–water partition coefficient (Wildman–Crippen LogP) is 2.74. The number of aliphatic imine (C=N–C) groups is 1. The molecule has 1 aliphatic rings. The van der Waals surface area contributed by atoms with Gasteiger partial charge in [0.05, 0.1) is 24.6 Å². The lowest BCUT2D eigenvalue weighted by Gasteiger charge is -2.21. The quantitative estimate of drug-likeness (QED) is 0.455. The van der Waals surface area contributed by atoms with Gasteiger partial charge in [-0.25, -0.2) is 4.39 Å². The molecule has 1 aliphatic carbocycles. The van der Waals surface area contributed by atoms with E-state index in [1.54, 1.807) is 19.9 Å². The molecule has 150 valence electrons. The summed E-state index contributed by atoms with van der Waals surface area (Å²) in [6, 6.07) is 4.83. The van der Waals surface area contributed by atoms with Crippen molar-refractivity contribution < 1.29 is 13.9 Å². The molecule has 1 saturated carbocycles. The molecule has 2 rings (SSSR count). The highest BCUT2D eigenvalue weighted by Gasteiger charge is 2.25. The van der Waals surface area contributed by atoms with Gasteiger partial charge in [0, 0.05) is 6.54 Å². The Labute approximate surface area is 160 Å². The molecule has 0 aliphatic heterocycles. The van der Waals surface area contributed by atoms with E-state index < -0.39 is 11.3 Å². The molecular formula is C20H31FN4O2. The topological polar surface area (TPSA) is 88.7 Å². The third-order valence-corrected chi connectivity index (χ3v) is 4.62. The summed E-state index contributed by atoms with van der Waals surface area (Å²) >= 11 is 0. The highest BCUT2D eigenvalue weighted by atomic mass is 19.1. The van der Waals surface area contributed by atoms with Gasteiger partial charge in [0.2, 0.25) is 5.91 Å². The number of carbonyl (C=O) groups excluding carboxylic acids is 1. The number of amides is 1. The van der Waals surface area contributed by atoms with Gasteiger partial charge in [-0.15, -0.1) is 0 Å². The number of ether oxygens (including phenoxy) is 1. The second kappa shape index (κ2) is 9.06. The first-order chi connectivity index (χ1) is 12.7. The van der Waals surface area contributed by atoms with Gasteiger partial charge >= 0.3 is 0 Å². The highest BCUT2D eigenvalue weighted by Crippen LogP contribution is 2.30. The van der Waals surface area contributed by atoms with E-state index in [-0.39, 0.29) is 18.4 Å². The second-order valence-corrected chi connectivity index (χ2v) is 7.75. The van der Waals surface area contributed by atoms with Crippen LogP contribution in [0.2, 0.25) is 0 Å². The number of guanidine groups is 1. The molecule has 1 fully saturated rings.